The minimum Gasteiger partial charge on any atom is -0.357 e. The van der Waals surface area contributed by atoms with Gasteiger partial charge < -0.3 is 15.5 Å². The number of hydrogen-bond acceptors (Lipinski definition) is 4. The highest BCUT2D eigenvalue weighted by molar-refractivity contribution is 6.30. The van der Waals surface area contributed by atoms with Gasteiger partial charge in [0.15, 0.2) is 5.96 Å². The molecule has 0 amide bonds. The van der Waals surface area contributed by atoms with E-state index in [2.05, 4.69) is 71.5 Å². The van der Waals surface area contributed by atoms with Crippen LogP contribution in [0.1, 0.15) is 38.3 Å². The van der Waals surface area contributed by atoms with E-state index in [1.165, 1.54) is 18.4 Å². The molecule has 31 heavy (non-hydrogen) atoms. The first kappa shape index (κ1) is 24.3. The van der Waals surface area contributed by atoms with Crippen molar-refractivity contribution in [3.05, 3.63) is 34.9 Å². The zero-order valence-corrected chi connectivity index (χ0v) is 20.5. The molecule has 2 N–H and O–H groups in total. The number of piperazine rings is 1. The van der Waals surface area contributed by atoms with Crippen molar-refractivity contribution in [3.63, 3.8) is 0 Å². The number of aliphatic imine (C=N–C) groups is 1. The van der Waals surface area contributed by atoms with Crippen molar-refractivity contribution in [1.82, 2.24) is 25.3 Å². The number of likely N-dealkylation sites (N-methyl/N-ethyl adjacent to an activating group) is 1. The topological polar surface area (TPSA) is 46.1 Å². The van der Waals surface area contributed by atoms with Gasteiger partial charge in [-0.15, -0.1) is 0 Å². The van der Waals surface area contributed by atoms with Crippen LogP contribution in [0.4, 0.5) is 0 Å². The minimum absolute atomic E-state index is 0.382. The quantitative estimate of drug-likeness (QED) is 0.496. The number of piperidine rings is 1. The molecular weight excluding hydrogens is 408 g/mol. The molecule has 2 heterocycles. The van der Waals surface area contributed by atoms with Gasteiger partial charge >= 0.3 is 0 Å². The molecule has 6 nitrogen and oxygen atoms in total. The summed E-state index contributed by atoms with van der Waals surface area (Å²) in [5.41, 5.74) is 1.31. The normalized spacial score (nSPS) is 25.4. The Morgan fingerprint density at radius 3 is 2.65 bits per heavy atom. The summed E-state index contributed by atoms with van der Waals surface area (Å²) in [6, 6.07) is 9.20. The van der Waals surface area contributed by atoms with Crippen molar-refractivity contribution in [2.45, 2.75) is 38.8 Å². The van der Waals surface area contributed by atoms with Crippen molar-refractivity contribution in [2.24, 2.45) is 10.9 Å². The maximum atomic E-state index is 6.30. The zero-order valence-electron chi connectivity index (χ0n) is 19.8. The molecular formula is C24H41ClN6. The molecule has 0 radical (unpaired) electrons. The first-order valence-electron chi connectivity index (χ1n) is 11.9. The van der Waals surface area contributed by atoms with E-state index in [9.17, 15) is 0 Å². The van der Waals surface area contributed by atoms with Crippen LogP contribution in [0.25, 0.3) is 0 Å². The Kier molecular flexibility index (Phi) is 9.45. The summed E-state index contributed by atoms with van der Waals surface area (Å²) in [4.78, 5) is 12.4. The van der Waals surface area contributed by atoms with E-state index >= 15 is 0 Å². The van der Waals surface area contributed by atoms with Crippen LogP contribution in [0.3, 0.4) is 0 Å². The summed E-state index contributed by atoms with van der Waals surface area (Å²) in [5, 5.41) is 7.90. The molecule has 7 heteroatoms. The summed E-state index contributed by atoms with van der Waals surface area (Å²) >= 11 is 6.30. The molecule has 2 fully saturated rings. The third-order valence-electron chi connectivity index (χ3n) is 6.75. The van der Waals surface area contributed by atoms with Gasteiger partial charge in [0, 0.05) is 56.4 Å². The first-order chi connectivity index (χ1) is 15.0. The van der Waals surface area contributed by atoms with Crippen molar-refractivity contribution in [1.29, 1.82) is 0 Å². The predicted octanol–water partition coefficient (Wildman–Crippen LogP) is 2.91. The predicted molar refractivity (Wildman–Crippen MR) is 132 cm³/mol. The average Bonchev–Trinajstić information content (AvgIpc) is 2.76. The number of guanidine groups is 1. The van der Waals surface area contributed by atoms with Gasteiger partial charge in [-0.1, -0.05) is 23.7 Å². The monoisotopic (exact) mass is 448 g/mol. The molecule has 3 atom stereocenters. The number of rotatable bonds is 7. The second-order valence-electron chi connectivity index (χ2n) is 9.17. The molecule has 2 aliphatic rings. The van der Waals surface area contributed by atoms with Crippen LogP contribution in [-0.4, -0.2) is 93.2 Å². The van der Waals surface area contributed by atoms with E-state index in [4.69, 9.17) is 16.6 Å². The third kappa shape index (κ3) is 7.07. The van der Waals surface area contributed by atoms with Gasteiger partial charge in [-0.05, 0) is 70.9 Å². The molecule has 1 aromatic carbocycles. The van der Waals surface area contributed by atoms with Gasteiger partial charge in [0.25, 0.3) is 0 Å². The van der Waals surface area contributed by atoms with Crippen molar-refractivity contribution in [3.8, 4) is 0 Å². The highest BCUT2D eigenvalue weighted by Gasteiger charge is 2.30. The molecule has 1 aromatic rings. The summed E-state index contributed by atoms with van der Waals surface area (Å²) in [6.07, 6.45) is 2.44. The third-order valence-corrected chi connectivity index (χ3v) is 6.98. The Bertz CT molecular complexity index is 703. The summed E-state index contributed by atoms with van der Waals surface area (Å²) in [7, 11) is 4.43. The van der Waals surface area contributed by atoms with E-state index < -0.39 is 0 Å². The van der Waals surface area contributed by atoms with Gasteiger partial charge in [0.05, 0.1) is 6.54 Å². The molecule has 0 aliphatic carbocycles. The van der Waals surface area contributed by atoms with Crippen LogP contribution in [0.2, 0.25) is 5.02 Å². The molecule has 2 aliphatic heterocycles. The first-order valence-corrected chi connectivity index (χ1v) is 12.3. The molecule has 3 rings (SSSR count). The lowest BCUT2D eigenvalue weighted by atomic mass is 9.85. The Hall–Kier alpha value is -1.34. The standard InChI is InChI=1S/C24H41ClN6/c1-5-26-24(27-17-19(2)31-14-12-29(3)13-15-31)28-18-21-9-7-11-30(4)23(21)20-8-6-10-22(25)16-20/h6,8,10,16,19,21,23H,5,7,9,11-15,17-18H2,1-4H3,(H2,26,27,28). The minimum atomic E-state index is 0.382. The van der Waals surface area contributed by atoms with Crippen LogP contribution in [-0.2, 0) is 0 Å². The largest absolute Gasteiger partial charge is 0.357 e. The van der Waals surface area contributed by atoms with Gasteiger partial charge in [-0.2, -0.15) is 0 Å². The number of likely N-dealkylation sites (tertiary alicyclic amines) is 1. The second kappa shape index (κ2) is 12.0. The SMILES string of the molecule is CCNC(=NCC(C)N1CCN(C)CC1)NCC1CCCN(C)C1c1cccc(Cl)c1. The molecule has 0 spiro atoms. The Morgan fingerprint density at radius 1 is 1.16 bits per heavy atom. The van der Waals surface area contributed by atoms with Crippen LogP contribution >= 0.6 is 11.6 Å². The average molecular weight is 449 g/mol. The number of halogens is 1. The lowest BCUT2D eigenvalue weighted by Gasteiger charge is -2.40. The molecule has 3 unspecified atom stereocenters. The Labute approximate surface area is 194 Å². The van der Waals surface area contributed by atoms with Crippen molar-refractivity contribution >= 4 is 17.6 Å². The van der Waals surface area contributed by atoms with Crippen LogP contribution in [0.15, 0.2) is 29.3 Å². The lowest BCUT2D eigenvalue weighted by molar-refractivity contribution is 0.121. The summed E-state index contributed by atoms with van der Waals surface area (Å²) in [6.45, 7) is 12.7. The Morgan fingerprint density at radius 2 is 1.94 bits per heavy atom. The lowest BCUT2D eigenvalue weighted by Crippen LogP contribution is -2.49. The van der Waals surface area contributed by atoms with E-state index in [0.717, 1.165) is 63.3 Å². The maximum absolute atomic E-state index is 6.30. The van der Waals surface area contributed by atoms with Crippen LogP contribution in [0.5, 0.6) is 0 Å². The van der Waals surface area contributed by atoms with Crippen LogP contribution < -0.4 is 10.6 Å². The fraction of sp³-hybridized carbons (Fsp3) is 0.708. The molecule has 174 valence electrons. The number of nitrogens with one attached hydrogen (secondary N) is 2. The number of benzene rings is 1. The van der Waals surface area contributed by atoms with Gasteiger partial charge in [-0.3, -0.25) is 14.8 Å². The summed E-state index contributed by atoms with van der Waals surface area (Å²) in [5.74, 6) is 1.46. The molecule has 0 saturated carbocycles. The van der Waals surface area contributed by atoms with Gasteiger partial charge in [-0.25, -0.2) is 0 Å². The highest BCUT2D eigenvalue weighted by Crippen LogP contribution is 2.35. The number of nitrogens with zero attached hydrogens (tertiary/aromatic N) is 4. The van der Waals surface area contributed by atoms with Crippen molar-refractivity contribution < 1.29 is 0 Å². The molecule has 0 aromatic heterocycles. The van der Waals surface area contributed by atoms with Gasteiger partial charge in [0.2, 0.25) is 0 Å². The Balaban J connectivity index is 1.60. The second-order valence-corrected chi connectivity index (χ2v) is 9.61. The van der Waals surface area contributed by atoms with E-state index in [0.29, 0.717) is 18.0 Å². The van der Waals surface area contributed by atoms with E-state index in [1.807, 2.05) is 6.07 Å². The number of hydrogen-bond donors (Lipinski definition) is 2. The van der Waals surface area contributed by atoms with Crippen molar-refractivity contribution in [2.75, 3.05) is 66.5 Å². The highest BCUT2D eigenvalue weighted by atomic mass is 35.5. The smallest absolute Gasteiger partial charge is 0.191 e. The summed E-state index contributed by atoms with van der Waals surface area (Å²) < 4.78 is 0. The van der Waals surface area contributed by atoms with Gasteiger partial charge in [0.1, 0.15) is 0 Å². The fourth-order valence-corrected chi connectivity index (χ4v) is 5.06. The van der Waals surface area contributed by atoms with Crippen LogP contribution in [0, 0.1) is 5.92 Å². The molecule has 2 saturated heterocycles. The molecule has 0 bridgehead atoms. The van der Waals surface area contributed by atoms with E-state index in [1.54, 1.807) is 0 Å². The zero-order chi connectivity index (χ0) is 22.2. The maximum Gasteiger partial charge on any atom is 0.191 e. The van der Waals surface area contributed by atoms with E-state index in [-0.39, 0.29) is 0 Å². The fourth-order valence-electron chi connectivity index (χ4n) is 4.86.